The number of benzene rings is 2. The number of carbonyl (C=O) groups excluding carboxylic acids is 1. The summed E-state index contributed by atoms with van der Waals surface area (Å²) in [4.78, 5) is 11.7. The van der Waals surface area contributed by atoms with Gasteiger partial charge >= 0.3 is 5.97 Å². The van der Waals surface area contributed by atoms with Gasteiger partial charge in [0.2, 0.25) is 0 Å². The van der Waals surface area contributed by atoms with Gasteiger partial charge in [-0.05, 0) is 30.9 Å². The molecule has 0 fully saturated rings. The van der Waals surface area contributed by atoms with Gasteiger partial charge in [0.1, 0.15) is 6.61 Å². The highest BCUT2D eigenvalue weighted by Gasteiger charge is 2.01. The van der Waals surface area contributed by atoms with E-state index in [1.807, 2.05) is 42.5 Å². The summed E-state index contributed by atoms with van der Waals surface area (Å²) in [5.74, 6) is -0.137. The molecule has 0 radical (unpaired) electrons. The third-order valence-electron chi connectivity index (χ3n) is 3.61. The van der Waals surface area contributed by atoms with Gasteiger partial charge in [-0.15, -0.1) is 0 Å². The van der Waals surface area contributed by atoms with E-state index in [1.165, 1.54) is 11.1 Å². The van der Waals surface area contributed by atoms with Crippen molar-refractivity contribution in [3.05, 3.63) is 89.5 Å². The number of carbonyl (C=O) groups is 1. The number of esters is 1. The number of rotatable bonds is 8. The SMILES string of the molecule is Cc1ccc(/C=C/C=C\CCCC(=O)OCc2ccccc2)cc1. The quantitative estimate of drug-likeness (QED) is 0.366. The highest BCUT2D eigenvalue weighted by Crippen LogP contribution is 2.06. The molecule has 0 aliphatic rings. The Kier molecular flexibility index (Phi) is 7.55. The summed E-state index contributed by atoms with van der Waals surface area (Å²) in [6, 6.07) is 18.1. The van der Waals surface area contributed by atoms with Crippen LogP contribution in [0.25, 0.3) is 6.08 Å². The van der Waals surface area contributed by atoms with E-state index in [9.17, 15) is 4.79 Å². The normalized spacial score (nSPS) is 11.2. The lowest BCUT2D eigenvalue weighted by Gasteiger charge is -2.03. The molecule has 0 bridgehead atoms. The maximum atomic E-state index is 11.7. The molecule has 0 spiro atoms. The molecule has 0 N–H and O–H groups in total. The minimum Gasteiger partial charge on any atom is -0.461 e. The number of hydrogen-bond acceptors (Lipinski definition) is 2. The lowest BCUT2D eigenvalue weighted by molar-refractivity contribution is -0.145. The molecule has 0 saturated carbocycles. The van der Waals surface area contributed by atoms with Crippen LogP contribution in [-0.4, -0.2) is 5.97 Å². The van der Waals surface area contributed by atoms with Gasteiger partial charge in [0.05, 0.1) is 0 Å². The van der Waals surface area contributed by atoms with Crippen molar-refractivity contribution < 1.29 is 9.53 Å². The van der Waals surface area contributed by atoms with E-state index in [1.54, 1.807) is 0 Å². The number of ether oxygens (including phenoxy) is 1. The summed E-state index contributed by atoms with van der Waals surface area (Å²) in [7, 11) is 0. The molecule has 0 unspecified atom stereocenters. The van der Waals surface area contributed by atoms with E-state index in [4.69, 9.17) is 4.74 Å². The largest absolute Gasteiger partial charge is 0.461 e. The first kappa shape index (κ1) is 17.7. The third kappa shape index (κ3) is 7.10. The predicted octanol–water partition coefficient (Wildman–Crippen LogP) is 5.48. The zero-order valence-corrected chi connectivity index (χ0v) is 14.2. The van der Waals surface area contributed by atoms with E-state index < -0.39 is 0 Å². The molecule has 124 valence electrons. The number of allylic oxidation sites excluding steroid dienone is 3. The first-order valence-electron chi connectivity index (χ1n) is 8.33. The van der Waals surface area contributed by atoms with Crippen molar-refractivity contribution in [3.63, 3.8) is 0 Å². The highest BCUT2D eigenvalue weighted by atomic mass is 16.5. The lowest BCUT2D eigenvalue weighted by atomic mass is 10.1. The van der Waals surface area contributed by atoms with E-state index >= 15 is 0 Å². The molecule has 2 aromatic carbocycles. The molecular weight excluding hydrogens is 296 g/mol. The Morgan fingerprint density at radius 3 is 2.50 bits per heavy atom. The van der Waals surface area contributed by atoms with Gasteiger partial charge in [0.25, 0.3) is 0 Å². The van der Waals surface area contributed by atoms with Crippen molar-refractivity contribution in [1.82, 2.24) is 0 Å². The van der Waals surface area contributed by atoms with Crippen LogP contribution in [0.15, 0.2) is 72.8 Å². The van der Waals surface area contributed by atoms with Crippen LogP contribution in [0.2, 0.25) is 0 Å². The average Bonchev–Trinajstić information content (AvgIpc) is 2.61. The smallest absolute Gasteiger partial charge is 0.306 e. The van der Waals surface area contributed by atoms with E-state index in [-0.39, 0.29) is 5.97 Å². The Labute approximate surface area is 144 Å². The van der Waals surface area contributed by atoms with Gasteiger partial charge in [-0.2, -0.15) is 0 Å². The summed E-state index contributed by atoms with van der Waals surface area (Å²) in [6.07, 6.45) is 10.3. The van der Waals surface area contributed by atoms with Crippen LogP contribution in [0.1, 0.15) is 36.0 Å². The first-order valence-corrected chi connectivity index (χ1v) is 8.33. The molecule has 2 aromatic rings. The van der Waals surface area contributed by atoms with E-state index in [0.29, 0.717) is 13.0 Å². The first-order chi connectivity index (χ1) is 11.7. The summed E-state index contributed by atoms with van der Waals surface area (Å²) in [5.41, 5.74) is 3.48. The van der Waals surface area contributed by atoms with Crippen LogP contribution in [0.5, 0.6) is 0 Å². The Balaban J connectivity index is 1.58. The molecule has 0 aliphatic heterocycles. The molecule has 2 rings (SSSR count). The summed E-state index contributed by atoms with van der Waals surface area (Å²) in [5, 5.41) is 0. The monoisotopic (exact) mass is 320 g/mol. The Hall–Kier alpha value is -2.61. The molecule has 2 nitrogen and oxygen atoms in total. The van der Waals surface area contributed by atoms with Crippen LogP contribution < -0.4 is 0 Å². The third-order valence-corrected chi connectivity index (χ3v) is 3.61. The summed E-state index contributed by atoms with van der Waals surface area (Å²) in [6.45, 7) is 2.44. The lowest BCUT2D eigenvalue weighted by Crippen LogP contribution is -2.03. The maximum absolute atomic E-state index is 11.7. The van der Waals surface area contributed by atoms with Gasteiger partial charge in [-0.3, -0.25) is 4.79 Å². The summed E-state index contributed by atoms with van der Waals surface area (Å²) >= 11 is 0. The zero-order chi connectivity index (χ0) is 17.0. The second kappa shape index (κ2) is 10.2. The number of hydrogen-bond donors (Lipinski definition) is 0. The van der Waals surface area contributed by atoms with Crippen molar-refractivity contribution in [2.24, 2.45) is 0 Å². The maximum Gasteiger partial charge on any atom is 0.306 e. The second-order valence-electron chi connectivity index (χ2n) is 5.74. The van der Waals surface area contributed by atoms with Crippen LogP contribution in [0.4, 0.5) is 0 Å². The highest BCUT2D eigenvalue weighted by molar-refractivity contribution is 5.69. The zero-order valence-electron chi connectivity index (χ0n) is 14.2. The van der Waals surface area contributed by atoms with Gasteiger partial charge in [-0.1, -0.05) is 84.5 Å². The standard InChI is InChI=1S/C22H24O2/c1-19-14-16-20(17-15-19)10-6-3-2-4-9-13-22(23)24-18-21-11-7-5-8-12-21/h2-3,5-8,10-12,14-17H,4,9,13,18H2,1H3/b3-2-,10-6+. The molecule has 0 heterocycles. The van der Waals surface area contributed by atoms with Crippen molar-refractivity contribution in [3.8, 4) is 0 Å². The Morgan fingerprint density at radius 1 is 1.00 bits per heavy atom. The van der Waals surface area contributed by atoms with Gasteiger partial charge < -0.3 is 4.74 Å². The molecule has 24 heavy (non-hydrogen) atoms. The van der Waals surface area contributed by atoms with Crippen LogP contribution in [0, 0.1) is 6.92 Å². The van der Waals surface area contributed by atoms with Gasteiger partial charge in [0.15, 0.2) is 0 Å². The Bertz CT molecular complexity index is 667. The summed E-state index contributed by atoms with van der Waals surface area (Å²) < 4.78 is 5.25. The van der Waals surface area contributed by atoms with Crippen LogP contribution >= 0.6 is 0 Å². The minimum atomic E-state index is -0.137. The van der Waals surface area contributed by atoms with E-state index in [2.05, 4.69) is 43.3 Å². The molecule has 0 aromatic heterocycles. The van der Waals surface area contributed by atoms with Crippen molar-refractivity contribution in [2.75, 3.05) is 0 Å². The van der Waals surface area contributed by atoms with E-state index in [0.717, 1.165) is 18.4 Å². The van der Waals surface area contributed by atoms with Crippen molar-refractivity contribution in [2.45, 2.75) is 32.8 Å². The van der Waals surface area contributed by atoms with Crippen LogP contribution in [0.3, 0.4) is 0 Å². The van der Waals surface area contributed by atoms with Gasteiger partial charge in [-0.25, -0.2) is 0 Å². The molecule has 2 heteroatoms. The van der Waals surface area contributed by atoms with Crippen molar-refractivity contribution in [1.29, 1.82) is 0 Å². The molecule has 0 aliphatic carbocycles. The number of aryl methyl sites for hydroxylation is 1. The van der Waals surface area contributed by atoms with Crippen LogP contribution in [-0.2, 0) is 16.1 Å². The van der Waals surface area contributed by atoms with Gasteiger partial charge in [0, 0.05) is 6.42 Å². The fourth-order valence-electron chi connectivity index (χ4n) is 2.19. The fourth-order valence-corrected chi connectivity index (χ4v) is 2.19. The minimum absolute atomic E-state index is 0.137. The predicted molar refractivity (Wildman–Crippen MR) is 99.4 cm³/mol. The number of unbranched alkanes of at least 4 members (excludes halogenated alkanes) is 1. The molecule has 0 atom stereocenters. The molecular formula is C22H24O2. The topological polar surface area (TPSA) is 26.3 Å². The molecule has 0 amide bonds. The second-order valence-corrected chi connectivity index (χ2v) is 5.74. The average molecular weight is 320 g/mol. The fraction of sp³-hybridized carbons (Fsp3) is 0.227. The molecule has 0 saturated heterocycles. The Morgan fingerprint density at radius 2 is 1.75 bits per heavy atom. The van der Waals surface area contributed by atoms with Crippen molar-refractivity contribution >= 4 is 12.0 Å².